The minimum Gasteiger partial charge on any atom is -0.477 e. The van der Waals surface area contributed by atoms with E-state index in [1.165, 1.54) is 25.6 Å². The summed E-state index contributed by atoms with van der Waals surface area (Å²) in [4.78, 5) is 29.5. The van der Waals surface area contributed by atoms with Crippen LogP contribution in [0.3, 0.4) is 0 Å². The fraction of sp³-hybridized carbons (Fsp3) is 0.133. The van der Waals surface area contributed by atoms with E-state index in [2.05, 4.69) is 19.8 Å². The highest BCUT2D eigenvalue weighted by molar-refractivity contribution is 5.92. The topological polar surface area (TPSA) is 133 Å². The standard InChI is InChI=1S/C8H6N4O4.C7H8FN/c1-16-7(15)5-2-4(6(13)14)11-8-9-3-10-12(5)8;8-7-3-1-6(5-9)2-4-7/h2-3H,1H3,(H,13,14);1-4H,5,9H2. The van der Waals surface area contributed by atoms with Crippen molar-refractivity contribution in [2.45, 2.75) is 6.54 Å². The zero-order valence-electron chi connectivity index (χ0n) is 13.1. The Bertz CT molecular complexity index is 895. The molecule has 0 radical (unpaired) electrons. The number of hydrogen-bond donors (Lipinski definition) is 2. The Kier molecular flexibility index (Phi) is 5.69. The smallest absolute Gasteiger partial charge is 0.356 e. The summed E-state index contributed by atoms with van der Waals surface area (Å²) in [6.07, 6.45) is 1.17. The van der Waals surface area contributed by atoms with Gasteiger partial charge in [0.2, 0.25) is 0 Å². The molecule has 0 bridgehead atoms. The van der Waals surface area contributed by atoms with Crippen molar-refractivity contribution in [3.05, 3.63) is 59.4 Å². The molecule has 0 saturated heterocycles. The van der Waals surface area contributed by atoms with Crippen molar-refractivity contribution in [3.8, 4) is 0 Å². The molecule has 0 spiro atoms. The van der Waals surface area contributed by atoms with Crippen LogP contribution in [0.1, 0.15) is 26.5 Å². The number of ether oxygens (including phenoxy) is 1. The Balaban J connectivity index is 0.000000212. The van der Waals surface area contributed by atoms with E-state index >= 15 is 0 Å². The van der Waals surface area contributed by atoms with Crippen molar-refractivity contribution >= 4 is 17.7 Å². The molecular formula is C15H14FN5O4. The summed E-state index contributed by atoms with van der Waals surface area (Å²) >= 11 is 0. The Morgan fingerprint density at radius 2 is 2.00 bits per heavy atom. The number of hydrogen-bond acceptors (Lipinski definition) is 7. The van der Waals surface area contributed by atoms with Gasteiger partial charge in [0.05, 0.1) is 7.11 Å². The number of carbonyl (C=O) groups excluding carboxylic acids is 1. The highest BCUT2D eigenvalue weighted by atomic mass is 19.1. The number of nitrogens with two attached hydrogens (primary N) is 1. The van der Waals surface area contributed by atoms with Crippen LogP contribution < -0.4 is 5.73 Å². The number of aromatic carboxylic acids is 1. The molecule has 10 heteroatoms. The Morgan fingerprint density at radius 3 is 2.56 bits per heavy atom. The summed E-state index contributed by atoms with van der Waals surface area (Å²) in [5.41, 5.74) is 5.90. The molecular weight excluding hydrogens is 333 g/mol. The number of aromatic nitrogens is 4. The van der Waals surface area contributed by atoms with Gasteiger partial charge in [-0.05, 0) is 17.7 Å². The lowest BCUT2D eigenvalue weighted by molar-refractivity contribution is 0.0590. The van der Waals surface area contributed by atoms with E-state index in [1.807, 2.05) is 0 Å². The largest absolute Gasteiger partial charge is 0.477 e. The number of methoxy groups -OCH3 is 1. The third-order valence-corrected chi connectivity index (χ3v) is 3.01. The number of carboxylic acid groups (broad SMARTS) is 1. The molecule has 25 heavy (non-hydrogen) atoms. The lowest BCUT2D eigenvalue weighted by Gasteiger charge is -2.02. The molecule has 2 heterocycles. The summed E-state index contributed by atoms with van der Waals surface area (Å²) in [6.45, 7) is 0.472. The van der Waals surface area contributed by atoms with E-state index in [-0.39, 0.29) is 23.0 Å². The van der Waals surface area contributed by atoms with Crippen molar-refractivity contribution in [1.29, 1.82) is 0 Å². The highest BCUT2D eigenvalue weighted by Gasteiger charge is 2.17. The van der Waals surface area contributed by atoms with Gasteiger partial charge in [0.25, 0.3) is 5.78 Å². The molecule has 1 aromatic carbocycles. The van der Waals surface area contributed by atoms with E-state index in [9.17, 15) is 14.0 Å². The maximum absolute atomic E-state index is 12.2. The zero-order chi connectivity index (χ0) is 18.4. The maximum Gasteiger partial charge on any atom is 0.356 e. The Labute approximate surface area is 140 Å². The normalized spacial score (nSPS) is 10.0. The number of carboxylic acids is 1. The van der Waals surface area contributed by atoms with E-state index in [0.29, 0.717) is 6.54 Å². The van der Waals surface area contributed by atoms with E-state index in [4.69, 9.17) is 10.8 Å². The van der Waals surface area contributed by atoms with Gasteiger partial charge in [-0.15, -0.1) is 0 Å². The first-order chi connectivity index (χ1) is 12.0. The average molecular weight is 347 g/mol. The monoisotopic (exact) mass is 347 g/mol. The molecule has 0 aliphatic rings. The van der Waals surface area contributed by atoms with Gasteiger partial charge in [-0.3, -0.25) is 0 Å². The van der Waals surface area contributed by atoms with Crippen LogP contribution in [0.2, 0.25) is 0 Å². The highest BCUT2D eigenvalue weighted by Crippen LogP contribution is 2.06. The number of benzene rings is 1. The van der Waals surface area contributed by atoms with Gasteiger partial charge in [-0.1, -0.05) is 12.1 Å². The minimum atomic E-state index is -1.25. The van der Waals surface area contributed by atoms with E-state index < -0.39 is 11.9 Å². The van der Waals surface area contributed by atoms with Crippen molar-refractivity contribution in [2.75, 3.05) is 7.11 Å². The maximum atomic E-state index is 12.2. The molecule has 0 saturated carbocycles. The van der Waals surface area contributed by atoms with Gasteiger partial charge in [0.1, 0.15) is 12.1 Å². The fourth-order valence-electron chi connectivity index (χ4n) is 1.79. The molecule has 3 rings (SSSR count). The number of esters is 1. The van der Waals surface area contributed by atoms with Crippen LogP contribution in [-0.4, -0.2) is 43.7 Å². The lowest BCUT2D eigenvalue weighted by atomic mass is 10.2. The molecule has 3 aromatic rings. The molecule has 3 N–H and O–H groups in total. The number of fused-ring (bicyclic) bond motifs is 1. The second-order valence-electron chi connectivity index (χ2n) is 4.63. The predicted octanol–water partition coefficient (Wildman–Crippen LogP) is 0.894. The molecule has 0 aliphatic carbocycles. The van der Waals surface area contributed by atoms with Crippen LogP contribution in [0.5, 0.6) is 0 Å². The molecule has 0 unspecified atom stereocenters. The summed E-state index contributed by atoms with van der Waals surface area (Å²) < 4.78 is 17.8. The fourth-order valence-corrected chi connectivity index (χ4v) is 1.79. The summed E-state index contributed by atoms with van der Waals surface area (Å²) in [5.74, 6) is -2.15. The first kappa shape index (κ1) is 17.9. The predicted molar refractivity (Wildman–Crippen MR) is 83.4 cm³/mol. The number of nitrogens with zero attached hydrogens (tertiary/aromatic N) is 4. The van der Waals surface area contributed by atoms with Gasteiger partial charge in [-0.2, -0.15) is 14.6 Å². The molecule has 0 amide bonds. The molecule has 9 nitrogen and oxygen atoms in total. The second kappa shape index (κ2) is 7.93. The zero-order valence-corrected chi connectivity index (χ0v) is 13.1. The van der Waals surface area contributed by atoms with Gasteiger partial charge in [0, 0.05) is 12.6 Å². The van der Waals surface area contributed by atoms with Gasteiger partial charge in [-0.25, -0.2) is 19.0 Å². The molecule has 0 fully saturated rings. The van der Waals surface area contributed by atoms with Crippen LogP contribution in [0.25, 0.3) is 5.78 Å². The first-order valence-electron chi connectivity index (χ1n) is 6.93. The molecule has 2 aromatic heterocycles. The summed E-state index contributed by atoms with van der Waals surface area (Å²) in [6, 6.07) is 7.24. The van der Waals surface area contributed by atoms with Crippen LogP contribution in [0.15, 0.2) is 36.7 Å². The van der Waals surface area contributed by atoms with Crippen molar-refractivity contribution in [3.63, 3.8) is 0 Å². The van der Waals surface area contributed by atoms with Crippen LogP contribution in [0, 0.1) is 5.82 Å². The second-order valence-corrected chi connectivity index (χ2v) is 4.63. The minimum absolute atomic E-state index is 0.0281. The van der Waals surface area contributed by atoms with Gasteiger partial charge >= 0.3 is 11.9 Å². The molecule has 0 atom stereocenters. The number of rotatable bonds is 3. The summed E-state index contributed by atoms with van der Waals surface area (Å²) in [5, 5.41) is 12.5. The Morgan fingerprint density at radius 1 is 1.32 bits per heavy atom. The SMILES string of the molecule is COC(=O)c1cc(C(=O)O)nc2ncnn12.NCc1ccc(F)cc1. The number of halogens is 1. The quantitative estimate of drug-likeness (QED) is 0.668. The molecule has 130 valence electrons. The van der Waals surface area contributed by atoms with E-state index in [1.54, 1.807) is 12.1 Å². The van der Waals surface area contributed by atoms with Crippen LogP contribution in [0.4, 0.5) is 4.39 Å². The van der Waals surface area contributed by atoms with Crippen molar-refractivity contribution < 1.29 is 23.8 Å². The third kappa shape index (κ3) is 4.32. The first-order valence-corrected chi connectivity index (χ1v) is 6.93. The summed E-state index contributed by atoms with van der Waals surface area (Å²) in [7, 11) is 1.19. The third-order valence-electron chi connectivity index (χ3n) is 3.01. The molecule has 0 aliphatic heterocycles. The van der Waals surface area contributed by atoms with Gasteiger partial charge < -0.3 is 15.6 Å². The van der Waals surface area contributed by atoms with Crippen molar-refractivity contribution in [1.82, 2.24) is 19.6 Å². The van der Waals surface area contributed by atoms with Crippen molar-refractivity contribution in [2.24, 2.45) is 5.73 Å². The average Bonchev–Trinajstić information content (AvgIpc) is 3.10. The van der Waals surface area contributed by atoms with Gasteiger partial charge in [0.15, 0.2) is 11.4 Å². The number of carbonyl (C=O) groups is 2. The van der Waals surface area contributed by atoms with Crippen LogP contribution in [-0.2, 0) is 11.3 Å². The van der Waals surface area contributed by atoms with E-state index in [0.717, 1.165) is 16.1 Å². The lowest BCUT2D eigenvalue weighted by Crippen LogP contribution is -2.13. The van der Waals surface area contributed by atoms with Crippen LogP contribution >= 0.6 is 0 Å². The Hall–Kier alpha value is -3.40.